The number of anilines is 2. The second kappa shape index (κ2) is 9.95. The first-order valence-electron chi connectivity index (χ1n) is 10.8. The number of hydrogen-bond acceptors (Lipinski definition) is 7. The molecule has 4 heterocycles. The molecule has 2 aromatic heterocycles. The first kappa shape index (κ1) is 20.7. The molecular formula is C22H30N6O2. The third-order valence-electron chi connectivity index (χ3n) is 5.89. The van der Waals surface area contributed by atoms with Crippen LogP contribution in [0.15, 0.2) is 30.7 Å². The first-order valence-corrected chi connectivity index (χ1v) is 10.8. The molecule has 0 unspecified atom stereocenters. The molecule has 160 valence electrons. The molecule has 8 nitrogen and oxygen atoms in total. The van der Waals surface area contributed by atoms with Crippen LogP contribution in [0.1, 0.15) is 32.6 Å². The Bertz CT molecular complexity index is 847. The molecule has 2 fully saturated rings. The van der Waals surface area contributed by atoms with Gasteiger partial charge in [-0.2, -0.15) is 0 Å². The Kier molecular flexibility index (Phi) is 6.86. The summed E-state index contributed by atoms with van der Waals surface area (Å²) in [5.74, 6) is 1.88. The van der Waals surface area contributed by atoms with E-state index in [1.165, 1.54) is 0 Å². The number of carbonyl (C=O) groups is 1. The van der Waals surface area contributed by atoms with E-state index < -0.39 is 0 Å². The molecule has 0 spiro atoms. The molecule has 0 radical (unpaired) electrons. The lowest BCUT2D eigenvalue weighted by Crippen LogP contribution is -2.41. The molecule has 2 aliphatic rings. The topological polar surface area (TPSA) is 101 Å². The SMILES string of the molecule is C[C@@H]1CC[C@@H](C(=O)Nc2cc(-c3cncc(NCC4CCOCC4)n3)ccn2)CN1. The normalized spacial score (nSPS) is 22.4. The van der Waals surface area contributed by atoms with Crippen molar-refractivity contribution in [3.8, 4) is 11.3 Å². The number of nitrogens with one attached hydrogen (secondary N) is 3. The Hall–Kier alpha value is -2.58. The molecular weight excluding hydrogens is 380 g/mol. The van der Waals surface area contributed by atoms with Crippen LogP contribution in [-0.4, -0.2) is 53.2 Å². The second-order valence-corrected chi connectivity index (χ2v) is 8.23. The van der Waals surface area contributed by atoms with Crippen molar-refractivity contribution in [3.05, 3.63) is 30.7 Å². The molecule has 4 rings (SSSR count). The maximum absolute atomic E-state index is 12.6. The summed E-state index contributed by atoms with van der Waals surface area (Å²) in [5.41, 5.74) is 1.62. The highest BCUT2D eigenvalue weighted by Crippen LogP contribution is 2.22. The van der Waals surface area contributed by atoms with Gasteiger partial charge < -0.3 is 20.7 Å². The zero-order valence-corrected chi connectivity index (χ0v) is 17.4. The molecule has 0 bridgehead atoms. The van der Waals surface area contributed by atoms with E-state index in [0.717, 1.165) is 62.5 Å². The molecule has 0 saturated carbocycles. The molecule has 2 aromatic rings. The molecule has 1 amide bonds. The number of hydrogen-bond donors (Lipinski definition) is 3. The van der Waals surface area contributed by atoms with Crippen LogP contribution in [0, 0.1) is 11.8 Å². The lowest BCUT2D eigenvalue weighted by atomic mass is 9.95. The third-order valence-corrected chi connectivity index (χ3v) is 5.89. The van der Waals surface area contributed by atoms with Crippen molar-refractivity contribution in [1.82, 2.24) is 20.3 Å². The van der Waals surface area contributed by atoms with Crippen LogP contribution in [0.25, 0.3) is 11.3 Å². The number of pyridine rings is 1. The average Bonchev–Trinajstić information content (AvgIpc) is 2.79. The van der Waals surface area contributed by atoms with Gasteiger partial charge in [-0.3, -0.25) is 9.78 Å². The number of amides is 1. The van der Waals surface area contributed by atoms with Crippen LogP contribution in [0.2, 0.25) is 0 Å². The first-order chi connectivity index (χ1) is 14.7. The minimum Gasteiger partial charge on any atom is -0.381 e. The van der Waals surface area contributed by atoms with Crippen LogP contribution in [0.3, 0.4) is 0 Å². The average molecular weight is 411 g/mol. The summed E-state index contributed by atoms with van der Waals surface area (Å²) in [7, 11) is 0. The zero-order valence-electron chi connectivity index (χ0n) is 17.4. The molecule has 30 heavy (non-hydrogen) atoms. The molecule has 2 saturated heterocycles. The van der Waals surface area contributed by atoms with Gasteiger partial charge >= 0.3 is 0 Å². The monoisotopic (exact) mass is 410 g/mol. The van der Waals surface area contributed by atoms with Crippen molar-refractivity contribution in [1.29, 1.82) is 0 Å². The van der Waals surface area contributed by atoms with Crippen LogP contribution in [0.5, 0.6) is 0 Å². The van der Waals surface area contributed by atoms with Crippen molar-refractivity contribution < 1.29 is 9.53 Å². The van der Waals surface area contributed by atoms with Gasteiger partial charge in [0.15, 0.2) is 0 Å². The van der Waals surface area contributed by atoms with E-state index in [1.54, 1.807) is 18.6 Å². The van der Waals surface area contributed by atoms with E-state index in [-0.39, 0.29) is 11.8 Å². The number of nitrogens with zero attached hydrogens (tertiary/aromatic N) is 3. The van der Waals surface area contributed by atoms with E-state index in [0.29, 0.717) is 24.3 Å². The summed E-state index contributed by atoms with van der Waals surface area (Å²) < 4.78 is 5.42. The van der Waals surface area contributed by atoms with Gasteiger partial charge in [-0.1, -0.05) is 0 Å². The lowest BCUT2D eigenvalue weighted by molar-refractivity contribution is -0.120. The van der Waals surface area contributed by atoms with Gasteiger partial charge in [-0.15, -0.1) is 0 Å². The minimum absolute atomic E-state index is 0.0111. The van der Waals surface area contributed by atoms with Gasteiger partial charge in [0.1, 0.15) is 11.6 Å². The Balaban J connectivity index is 1.38. The molecule has 8 heteroatoms. The summed E-state index contributed by atoms with van der Waals surface area (Å²) in [4.78, 5) is 25.9. The predicted octanol–water partition coefficient (Wildman–Crippen LogP) is 2.70. The fourth-order valence-corrected chi connectivity index (χ4v) is 3.90. The summed E-state index contributed by atoms with van der Waals surface area (Å²) in [5, 5.41) is 9.71. The van der Waals surface area contributed by atoms with Gasteiger partial charge in [0.05, 0.1) is 24.0 Å². The Morgan fingerprint density at radius 2 is 2.07 bits per heavy atom. The third kappa shape index (κ3) is 5.52. The number of carbonyl (C=O) groups excluding carboxylic acids is 1. The van der Waals surface area contributed by atoms with Gasteiger partial charge in [0.2, 0.25) is 5.91 Å². The summed E-state index contributed by atoms with van der Waals surface area (Å²) >= 11 is 0. The number of piperidine rings is 1. The Morgan fingerprint density at radius 1 is 1.20 bits per heavy atom. The molecule has 3 N–H and O–H groups in total. The number of aromatic nitrogens is 3. The fraction of sp³-hybridized carbons (Fsp3) is 0.545. The van der Waals surface area contributed by atoms with Crippen molar-refractivity contribution in [2.75, 3.05) is 36.9 Å². The van der Waals surface area contributed by atoms with Crippen LogP contribution in [0.4, 0.5) is 11.6 Å². The van der Waals surface area contributed by atoms with Gasteiger partial charge in [-0.25, -0.2) is 9.97 Å². The van der Waals surface area contributed by atoms with E-state index in [1.807, 2.05) is 12.1 Å². The molecule has 0 aromatic carbocycles. The van der Waals surface area contributed by atoms with Gasteiger partial charge in [0.25, 0.3) is 0 Å². The highest BCUT2D eigenvalue weighted by molar-refractivity contribution is 5.92. The predicted molar refractivity (Wildman–Crippen MR) is 116 cm³/mol. The summed E-state index contributed by atoms with van der Waals surface area (Å²) in [6.45, 7) is 5.39. The number of rotatable bonds is 6. The maximum atomic E-state index is 12.6. The maximum Gasteiger partial charge on any atom is 0.229 e. The standard InChI is InChI=1S/C22H30N6O2/c1-15-2-3-18(12-25-15)22(29)28-20-10-17(4-7-24-20)19-13-23-14-21(27-19)26-11-16-5-8-30-9-6-16/h4,7,10,13-16,18,25H,2-3,5-6,8-9,11-12H2,1H3,(H,26,27)(H,24,28,29)/t15-,18-/m1/s1. The van der Waals surface area contributed by atoms with Crippen molar-refractivity contribution in [3.63, 3.8) is 0 Å². The smallest absolute Gasteiger partial charge is 0.229 e. The quantitative estimate of drug-likeness (QED) is 0.673. The Morgan fingerprint density at radius 3 is 2.87 bits per heavy atom. The van der Waals surface area contributed by atoms with Crippen molar-refractivity contribution in [2.45, 2.75) is 38.6 Å². The lowest BCUT2D eigenvalue weighted by Gasteiger charge is -2.26. The van der Waals surface area contributed by atoms with E-state index in [4.69, 9.17) is 9.72 Å². The fourth-order valence-electron chi connectivity index (χ4n) is 3.90. The van der Waals surface area contributed by atoms with Crippen LogP contribution >= 0.6 is 0 Å². The van der Waals surface area contributed by atoms with Crippen LogP contribution < -0.4 is 16.0 Å². The molecule has 2 aliphatic heterocycles. The highest BCUT2D eigenvalue weighted by Gasteiger charge is 2.24. The summed E-state index contributed by atoms with van der Waals surface area (Å²) in [6, 6.07) is 4.20. The largest absolute Gasteiger partial charge is 0.381 e. The summed E-state index contributed by atoms with van der Waals surface area (Å²) in [6.07, 6.45) is 9.21. The van der Waals surface area contributed by atoms with E-state index in [9.17, 15) is 4.79 Å². The minimum atomic E-state index is -0.0239. The zero-order chi connectivity index (χ0) is 20.8. The van der Waals surface area contributed by atoms with E-state index >= 15 is 0 Å². The van der Waals surface area contributed by atoms with Gasteiger partial charge in [-0.05, 0) is 50.7 Å². The highest BCUT2D eigenvalue weighted by atomic mass is 16.5. The second-order valence-electron chi connectivity index (χ2n) is 8.23. The number of ether oxygens (including phenoxy) is 1. The molecule has 0 aliphatic carbocycles. The van der Waals surface area contributed by atoms with Crippen LogP contribution in [-0.2, 0) is 9.53 Å². The molecule has 2 atom stereocenters. The van der Waals surface area contributed by atoms with Gasteiger partial charge in [0, 0.05) is 44.1 Å². The van der Waals surface area contributed by atoms with Crippen molar-refractivity contribution in [2.24, 2.45) is 11.8 Å². The van der Waals surface area contributed by atoms with E-state index in [2.05, 4.69) is 32.8 Å². The Labute approximate surface area is 177 Å². The van der Waals surface area contributed by atoms with Crippen molar-refractivity contribution >= 4 is 17.5 Å².